The van der Waals surface area contributed by atoms with E-state index in [1.54, 1.807) is 26.1 Å². The molecule has 6 nitrogen and oxygen atoms in total. The largest absolute Gasteiger partial charge is 0.325 e. The number of thiazole rings is 1. The van der Waals surface area contributed by atoms with Crippen LogP contribution in [-0.4, -0.2) is 30.7 Å². The maximum absolute atomic E-state index is 12.9. The van der Waals surface area contributed by atoms with E-state index in [4.69, 9.17) is 0 Å². The predicted octanol–water partition coefficient (Wildman–Crippen LogP) is 3.17. The number of para-hydroxylation sites is 1. The number of hydrogen-bond acceptors (Lipinski definition) is 5. The van der Waals surface area contributed by atoms with Crippen molar-refractivity contribution in [3.05, 3.63) is 53.0 Å². The molecule has 1 N–H and O–H groups in total. The van der Waals surface area contributed by atoms with Crippen LogP contribution in [0.5, 0.6) is 0 Å². The average Bonchev–Trinajstić information content (AvgIpc) is 3.15. The summed E-state index contributed by atoms with van der Waals surface area (Å²) in [7, 11) is -2.13. The van der Waals surface area contributed by atoms with Crippen molar-refractivity contribution in [3.63, 3.8) is 0 Å². The van der Waals surface area contributed by atoms with Crippen molar-refractivity contribution in [2.75, 3.05) is 12.4 Å². The second kappa shape index (κ2) is 6.15. The van der Waals surface area contributed by atoms with Crippen LogP contribution in [0.1, 0.15) is 23.4 Å². The van der Waals surface area contributed by atoms with Crippen LogP contribution >= 0.6 is 11.3 Å². The lowest BCUT2D eigenvalue weighted by atomic mass is 10.0. The third-order valence-corrected chi connectivity index (χ3v) is 7.37. The van der Waals surface area contributed by atoms with Gasteiger partial charge in [0.2, 0.25) is 15.9 Å². The molecule has 0 radical (unpaired) electrons. The van der Waals surface area contributed by atoms with E-state index in [-0.39, 0.29) is 23.3 Å². The van der Waals surface area contributed by atoms with E-state index in [0.717, 1.165) is 15.2 Å². The van der Waals surface area contributed by atoms with Crippen LogP contribution in [0, 0.1) is 0 Å². The minimum absolute atomic E-state index is 0.114. The SMILES string of the molecule is C[C@@H]1C(=O)Nc2ccc(S(=O)(=O)N(C)Cc3nc4ccccc4s3)cc21. The maximum Gasteiger partial charge on any atom is 0.243 e. The summed E-state index contributed by atoms with van der Waals surface area (Å²) < 4.78 is 28.2. The minimum atomic E-state index is -3.68. The van der Waals surface area contributed by atoms with Gasteiger partial charge in [-0.1, -0.05) is 12.1 Å². The fraction of sp³-hybridized carbons (Fsp3) is 0.222. The summed E-state index contributed by atoms with van der Waals surface area (Å²) in [6.07, 6.45) is 0. The Bertz CT molecular complexity index is 1090. The van der Waals surface area contributed by atoms with Gasteiger partial charge in [-0.05, 0) is 42.8 Å². The van der Waals surface area contributed by atoms with Gasteiger partial charge in [0.15, 0.2) is 0 Å². The molecule has 1 aliphatic rings. The lowest BCUT2D eigenvalue weighted by molar-refractivity contribution is -0.116. The quantitative estimate of drug-likeness (QED) is 0.746. The molecule has 1 aliphatic heterocycles. The van der Waals surface area contributed by atoms with Crippen molar-refractivity contribution in [2.45, 2.75) is 24.3 Å². The van der Waals surface area contributed by atoms with E-state index < -0.39 is 10.0 Å². The van der Waals surface area contributed by atoms with Crippen molar-refractivity contribution < 1.29 is 13.2 Å². The van der Waals surface area contributed by atoms with E-state index in [0.29, 0.717) is 11.3 Å². The van der Waals surface area contributed by atoms with Gasteiger partial charge in [0.05, 0.1) is 27.6 Å². The Morgan fingerprint density at radius 2 is 2.00 bits per heavy atom. The number of rotatable bonds is 4. The first-order valence-electron chi connectivity index (χ1n) is 8.12. The normalized spacial score (nSPS) is 16.9. The van der Waals surface area contributed by atoms with Crippen LogP contribution < -0.4 is 5.32 Å². The molecule has 1 aromatic heterocycles. The number of nitrogens with one attached hydrogen (secondary N) is 1. The number of sulfonamides is 1. The number of aromatic nitrogens is 1. The first kappa shape index (κ1) is 17.1. The van der Waals surface area contributed by atoms with Gasteiger partial charge >= 0.3 is 0 Å². The van der Waals surface area contributed by atoms with Crippen LogP contribution in [0.25, 0.3) is 10.2 Å². The lowest BCUT2D eigenvalue weighted by Gasteiger charge is -2.16. The summed E-state index contributed by atoms with van der Waals surface area (Å²) in [5.74, 6) is -0.466. The van der Waals surface area contributed by atoms with E-state index in [2.05, 4.69) is 10.3 Å². The highest BCUT2D eigenvalue weighted by atomic mass is 32.2. The van der Waals surface area contributed by atoms with E-state index in [1.807, 2.05) is 24.3 Å². The number of carbonyl (C=O) groups excluding carboxylic acids is 1. The molecular weight excluding hydrogens is 370 g/mol. The summed E-state index contributed by atoms with van der Waals surface area (Å²) in [5, 5.41) is 3.49. The molecule has 134 valence electrons. The number of benzene rings is 2. The Balaban J connectivity index is 1.63. The maximum atomic E-state index is 12.9. The standard InChI is InChI=1S/C18H17N3O3S2/c1-11-13-9-12(7-8-14(13)20-18(11)22)26(23,24)21(2)10-17-19-15-5-3-4-6-16(15)25-17/h3-9,11H,10H2,1-2H3,(H,20,22)/t11-/m0/s1. The molecule has 3 aromatic rings. The highest BCUT2D eigenvalue weighted by Crippen LogP contribution is 2.34. The Morgan fingerprint density at radius 1 is 1.23 bits per heavy atom. The van der Waals surface area contributed by atoms with Crippen LogP contribution in [-0.2, 0) is 21.4 Å². The van der Waals surface area contributed by atoms with Gasteiger partial charge in [-0.25, -0.2) is 13.4 Å². The summed E-state index contributed by atoms with van der Waals surface area (Å²) in [6, 6.07) is 12.5. The van der Waals surface area contributed by atoms with Crippen molar-refractivity contribution in [1.82, 2.24) is 9.29 Å². The van der Waals surface area contributed by atoms with Gasteiger partial charge in [-0.3, -0.25) is 4.79 Å². The minimum Gasteiger partial charge on any atom is -0.325 e. The van der Waals surface area contributed by atoms with E-state index >= 15 is 0 Å². The summed E-state index contributed by atoms with van der Waals surface area (Å²) in [4.78, 5) is 16.5. The highest BCUT2D eigenvalue weighted by Gasteiger charge is 2.30. The van der Waals surface area contributed by atoms with Gasteiger partial charge in [0.1, 0.15) is 5.01 Å². The molecule has 2 aromatic carbocycles. The molecule has 0 unspecified atom stereocenters. The zero-order chi connectivity index (χ0) is 18.5. The van der Waals surface area contributed by atoms with Gasteiger partial charge in [0, 0.05) is 12.7 Å². The van der Waals surface area contributed by atoms with Crippen LogP contribution in [0.3, 0.4) is 0 Å². The van der Waals surface area contributed by atoms with Crippen LogP contribution in [0.15, 0.2) is 47.4 Å². The van der Waals surface area contributed by atoms with Crippen molar-refractivity contribution in [2.24, 2.45) is 0 Å². The Hall–Kier alpha value is -2.29. The summed E-state index contributed by atoms with van der Waals surface area (Å²) >= 11 is 1.49. The molecule has 4 rings (SSSR count). The van der Waals surface area contributed by atoms with Gasteiger partial charge in [0.25, 0.3) is 0 Å². The molecule has 2 heterocycles. The fourth-order valence-corrected chi connectivity index (χ4v) is 5.27. The number of nitrogens with zero attached hydrogens (tertiary/aromatic N) is 2. The zero-order valence-corrected chi connectivity index (χ0v) is 15.9. The molecule has 0 bridgehead atoms. The molecule has 1 amide bonds. The Labute approximate surface area is 155 Å². The summed E-state index contributed by atoms with van der Waals surface area (Å²) in [5.41, 5.74) is 2.26. The fourth-order valence-electron chi connectivity index (χ4n) is 3.00. The lowest BCUT2D eigenvalue weighted by Crippen LogP contribution is -2.26. The zero-order valence-electron chi connectivity index (χ0n) is 14.3. The topological polar surface area (TPSA) is 79.4 Å². The van der Waals surface area contributed by atoms with Gasteiger partial charge < -0.3 is 5.32 Å². The molecule has 0 aliphatic carbocycles. The third-order valence-electron chi connectivity index (χ3n) is 4.54. The van der Waals surface area contributed by atoms with E-state index in [9.17, 15) is 13.2 Å². The number of anilines is 1. The molecular formula is C18H17N3O3S2. The first-order valence-corrected chi connectivity index (χ1v) is 10.4. The number of hydrogen-bond donors (Lipinski definition) is 1. The smallest absolute Gasteiger partial charge is 0.243 e. The molecule has 8 heteroatoms. The van der Waals surface area contributed by atoms with Gasteiger partial charge in [-0.2, -0.15) is 4.31 Å². The number of fused-ring (bicyclic) bond motifs is 2. The van der Waals surface area contributed by atoms with Crippen molar-refractivity contribution >= 4 is 43.2 Å². The first-order chi connectivity index (χ1) is 12.4. The molecule has 0 saturated carbocycles. The number of carbonyl (C=O) groups is 1. The van der Waals surface area contributed by atoms with E-state index in [1.165, 1.54) is 21.7 Å². The number of amides is 1. The second-order valence-corrected chi connectivity index (χ2v) is 9.46. The monoisotopic (exact) mass is 387 g/mol. The third kappa shape index (κ3) is 2.80. The van der Waals surface area contributed by atoms with Crippen LogP contribution in [0.4, 0.5) is 5.69 Å². The Morgan fingerprint density at radius 3 is 2.77 bits per heavy atom. The summed E-state index contributed by atoms with van der Waals surface area (Å²) in [6.45, 7) is 1.97. The predicted molar refractivity (Wildman–Crippen MR) is 102 cm³/mol. The molecule has 0 fully saturated rings. The average molecular weight is 387 g/mol. The second-order valence-electron chi connectivity index (χ2n) is 6.30. The molecule has 1 atom stereocenters. The van der Waals surface area contributed by atoms with Crippen molar-refractivity contribution in [1.29, 1.82) is 0 Å². The molecule has 26 heavy (non-hydrogen) atoms. The molecule has 0 saturated heterocycles. The van der Waals surface area contributed by atoms with Crippen LogP contribution in [0.2, 0.25) is 0 Å². The highest BCUT2D eigenvalue weighted by molar-refractivity contribution is 7.89. The van der Waals surface area contributed by atoms with Crippen molar-refractivity contribution in [3.8, 4) is 0 Å². The molecule has 0 spiro atoms. The Kier molecular flexibility index (Phi) is 4.06. The van der Waals surface area contributed by atoms with Gasteiger partial charge in [-0.15, -0.1) is 11.3 Å².